The van der Waals surface area contributed by atoms with Crippen molar-refractivity contribution < 1.29 is 0 Å². The fraction of sp³-hybridized carbons (Fsp3) is 0. The van der Waals surface area contributed by atoms with E-state index in [0.717, 1.165) is 0 Å². The second kappa shape index (κ2) is 9.82. The van der Waals surface area contributed by atoms with Crippen LogP contribution < -0.4 is 0 Å². The molecule has 0 aliphatic carbocycles. The van der Waals surface area contributed by atoms with Gasteiger partial charge in [-0.1, -0.05) is 121 Å². The fourth-order valence-electron chi connectivity index (χ4n) is 8.61. The number of hydrogen-bond acceptors (Lipinski definition) is 2. The zero-order chi connectivity index (χ0) is 32.5. The van der Waals surface area contributed by atoms with Gasteiger partial charge in [0.2, 0.25) is 0 Å². The highest BCUT2D eigenvalue weighted by molar-refractivity contribution is 7.27. The van der Waals surface area contributed by atoms with E-state index in [1.807, 2.05) is 22.7 Å². The molecule has 0 saturated carbocycles. The lowest BCUT2D eigenvalue weighted by molar-refractivity contribution is 1.25. The molecule has 4 heterocycles. The summed E-state index contributed by atoms with van der Waals surface area (Å²) in [4.78, 5) is 0. The normalized spacial score (nSPS) is 12.7. The Bertz CT molecular complexity index is 3210. The molecular formula is C46H26N2S2. The van der Waals surface area contributed by atoms with Crippen molar-refractivity contribution in [1.82, 2.24) is 9.13 Å². The van der Waals surface area contributed by atoms with Crippen molar-refractivity contribution in [2.75, 3.05) is 0 Å². The minimum atomic E-state index is 1.21. The van der Waals surface area contributed by atoms with Crippen LogP contribution in [0.15, 0.2) is 146 Å². The van der Waals surface area contributed by atoms with Crippen molar-refractivity contribution in [3.05, 3.63) is 146 Å². The summed E-state index contributed by atoms with van der Waals surface area (Å²) in [5.41, 5.74) is 4.91. The van der Waals surface area contributed by atoms with Crippen molar-refractivity contribution in [3.63, 3.8) is 0 Å². The Hall–Kier alpha value is -5.94. The molecule has 0 spiro atoms. The number of fused-ring (bicyclic) bond motifs is 18. The summed E-state index contributed by atoms with van der Waals surface area (Å²) in [6, 6.07) is 53.9. The first kappa shape index (κ1) is 26.9. The average Bonchev–Trinajstić information content (AvgIpc) is 3.92. The quantitative estimate of drug-likeness (QED) is 0.173. The largest absolute Gasteiger partial charge is 0.314 e. The predicted molar refractivity (Wildman–Crippen MR) is 221 cm³/mol. The lowest BCUT2D eigenvalue weighted by Gasteiger charge is -2.08. The van der Waals surface area contributed by atoms with E-state index in [1.165, 1.54) is 106 Å². The van der Waals surface area contributed by atoms with Gasteiger partial charge in [-0.25, -0.2) is 0 Å². The van der Waals surface area contributed by atoms with Gasteiger partial charge in [0.25, 0.3) is 0 Å². The van der Waals surface area contributed by atoms with Crippen molar-refractivity contribution in [2.45, 2.75) is 0 Å². The number of thiophene rings is 2. The first-order chi connectivity index (χ1) is 24.8. The van der Waals surface area contributed by atoms with E-state index in [2.05, 4.69) is 167 Å². The third-order valence-corrected chi connectivity index (χ3v) is 13.2. The number of para-hydroxylation sites is 2. The molecule has 8 aromatic carbocycles. The monoisotopic (exact) mass is 670 g/mol. The lowest BCUT2D eigenvalue weighted by atomic mass is 10.0. The van der Waals surface area contributed by atoms with Gasteiger partial charge in [0, 0.05) is 95.8 Å². The van der Waals surface area contributed by atoms with Gasteiger partial charge < -0.3 is 9.13 Å². The van der Waals surface area contributed by atoms with Crippen LogP contribution in [0.5, 0.6) is 0 Å². The molecular weight excluding hydrogens is 645 g/mol. The molecule has 0 saturated heterocycles. The zero-order valence-electron chi connectivity index (χ0n) is 26.7. The summed E-state index contributed by atoms with van der Waals surface area (Å²) in [7, 11) is 0. The molecule has 0 atom stereocenters. The van der Waals surface area contributed by atoms with Gasteiger partial charge in [0.1, 0.15) is 0 Å². The van der Waals surface area contributed by atoms with Gasteiger partial charge in [-0.15, -0.1) is 22.7 Å². The van der Waals surface area contributed by atoms with E-state index in [-0.39, 0.29) is 0 Å². The molecule has 4 aromatic heterocycles. The molecule has 0 amide bonds. The second-order valence-electron chi connectivity index (χ2n) is 13.3. The molecule has 0 aliphatic rings. The van der Waals surface area contributed by atoms with E-state index in [0.29, 0.717) is 0 Å². The van der Waals surface area contributed by atoms with Crippen LogP contribution >= 0.6 is 22.7 Å². The second-order valence-corrected chi connectivity index (χ2v) is 15.4. The van der Waals surface area contributed by atoms with E-state index in [1.54, 1.807) is 0 Å². The van der Waals surface area contributed by atoms with Crippen molar-refractivity contribution >= 4 is 141 Å². The number of hydrogen-bond donors (Lipinski definition) is 0. The van der Waals surface area contributed by atoms with Crippen LogP contribution in [0.4, 0.5) is 0 Å². The van der Waals surface area contributed by atoms with Crippen LogP contribution in [-0.2, 0) is 0 Å². The topological polar surface area (TPSA) is 9.86 Å². The number of aromatic nitrogens is 2. The summed E-state index contributed by atoms with van der Waals surface area (Å²) < 4.78 is 10.2. The Morgan fingerprint density at radius 3 is 1.06 bits per heavy atom. The third-order valence-electron chi connectivity index (χ3n) is 10.8. The van der Waals surface area contributed by atoms with Gasteiger partial charge in [-0.3, -0.25) is 0 Å². The predicted octanol–water partition coefficient (Wildman–Crippen LogP) is 14.0. The molecule has 2 nitrogen and oxygen atoms in total. The Morgan fingerprint density at radius 1 is 0.300 bits per heavy atom. The number of nitrogens with zero attached hydrogens (tertiary/aromatic N) is 2. The first-order valence-electron chi connectivity index (χ1n) is 17.0. The Kier molecular flexibility index (Phi) is 5.29. The summed E-state index contributed by atoms with van der Waals surface area (Å²) in [6.07, 6.45) is 4.59. The highest BCUT2D eigenvalue weighted by Crippen LogP contribution is 2.44. The fourth-order valence-corrected chi connectivity index (χ4v) is 11.1. The minimum absolute atomic E-state index is 1.21. The SMILES string of the molecule is C(=C\n1c2ccccc2c2ccc3c(ccc4c5ccccc5sc43)c21)/n1c2ccccc2c2ccc3c(ccc4c5ccccc5sc43)c21. The first-order valence-corrected chi connectivity index (χ1v) is 18.6. The number of benzene rings is 8. The molecule has 0 unspecified atom stereocenters. The Labute approximate surface area is 293 Å². The maximum Gasteiger partial charge on any atom is 0.0614 e. The van der Waals surface area contributed by atoms with Crippen molar-refractivity contribution in [1.29, 1.82) is 0 Å². The van der Waals surface area contributed by atoms with Gasteiger partial charge in [0.05, 0.1) is 22.1 Å². The van der Waals surface area contributed by atoms with E-state index >= 15 is 0 Å². The maximum atomic E-state index is 2.42. The molecule has 0 N–H and O–H groups in total. The van der Waals surface area contributed by atoms with Crippen LogP contribution in [0.25, 0.3) is 118 Å². The highest BCUT2D eigenvalue weighted by atomic mass is 32.1. The van der Waals surface area contributed by atoms with Gasteiger partial charge in [0.15, 0.2) is 0 Å². The van der Waals surface area contributed by atoms with Gasteiger partial charge in [-0.05, 0) is 24.3 Å². The Balaban J connectivity index is 1.17. The number of rotatable bonds is 2. The van der Waals surface area contributed by atoms with Gasteiger partial charge >= 0.3 is 0 Å². The average molecular weight is 671 g/mol. The van der Waals surface area contributed by atoms with E-state index in [4.69, 9.17) is 0 Å². The molecule has 12 rings (SSSR count). The van der Waals surface area contributed by atoms with Crippen LogP contribution in [0.2, 0.25) is 0 Å². The third kappa shape index (κ3) is 3.46. The van der Waals surface area contributed by atoms with E-state index in [9.17, 15) is 0 Å². The lowest BCUT2D eigenvalue weighted by Crippen LogP contribution is -1.91. The Morgan fingerprint density at radius 2 is 0.620 bits per heavy atom. The van der Waals surface area contributed by atoms with Crippen LogP contribution in [0.1, 0.15) is 0 Å². The standard InChI is InChI=1S/C46H26N2S2/c1-5-13-39-27(9-1)31-17-23-37-33(19-21-35-29-11-3-7-15-41(29)49-45(35)37)43(31)47(39)25-26-48-40-14-6-2-10-28(40)32-18-24-38-34(44(32)48)20-22-36-30-12-4-8-16-42(30)50-46(36)38/h1-26H/b26-25+. The summed E-state index contributed by atoms with van der Waals surface area (Å²) in [6.45, 7) is 0. The molecule has 0 radical (unpaired) electrons. The van der Waals surface area contributed by atoms with Crippen LogP contribution in [0.3, 0.4) is 0 Å². The summed E-state index contributed by atoms with van der Waals surface area (Å²) >= 11 is 3.80. The molecule has 0 aliphatic heterocycles. The zero-order valence-corrected chi connectivity index (χ0v) is 28.4. The molecule has 0 fully saturated rings. The van der Waals surface area contributed by atoms with Crippen LogP contribution in [-0.4, -0.2) is 9.13 Å². The maximum absolute atomic E-state index is 2.42. The molecule has 12 aromatic rings. The van der Waals surface area contributed by atoms with E-state index < -0.39 is 0 Å². The highest BCUT2D eigenvalue weighted by Gasteiger charge is 2.18. The molecule has 0 bridgehead atoms. The summed E-state index contributed by atoms with van der Waals surface area (Å²) in [5.74, 6) is 0. The molecule has 50 heavy (non-hydrogen) atoms. The molecule has 4 heteroatoms. The van der Waals surface area contributed by atoms with Crippen LogP contribution in [0, 0.1) is 0 Å². The van der Waals surface area contributed by atoms with Gasteiger partial charge in [-0.2, -0.15) is 0 Å². The molecule has 232 valence electrons. The van der Waals surface area contributed by atoms with Crippen molar-refractivity contribution in [3.8, 4) is 0 Å². The smallest absolute Gasteiger partial charge is 0.0614 e. The minimum Gasteiger partial charge on any atom is -0.314 e. The van der Waals surface area contributed by atoms with Crippen molar-refractivity contribution in [2.24, 2.45) is 0 Å². The summed E-state index contributed by atoms with van der Waals surface area (Å²) in [5, 5.41) is 15.6.